The number of piperidine rings is 1. The zero-order valence-corrected chi connectivity index (χ0v) is 21.0. The van der Waals surface area contributed by atoms with Gasteiger partial charge < -0.3 is 9.64 Å². The van der Waals surface area contributed by atoms with Crippen molar-refractivity contribution in [3.63, 3.8) is 0 Å². The van der Waals surface area contributed by atoms with Crippen molar-refractivity contribution >= 4 is 11.5 Å². The SMILES string of the molecule is C[C@@H]1CC(C(=O)[C@H]2CN(C3CCOCC3)C[C@@H]2c2ccc(F)cc2F)C[C@H](C)N1c1ccc(F)cc1. The van der Waals surface area contributed by atoms with Crippen LogP contribution in [0.2, 0.25) is 0 Å². The molecule has 3 heterocycles. The molecule has 0 saturated carbocycles. The van der Waals surface area contributed by atoms with Gasteiger partial charge in [-0.05, 0) is 75.4 Å². The highest BCUT2D eigenvalue weighted by Gasteiger charge is 2.45. The normalized spacial score (nSPS) is 30.0. The van der Waals surface area contributed by atoms with Gasteiger partial charge in [-0.15, -0.1) is 0 Å². The first kappa shape index (κ1) is 25.3. The fourth-order valence-corrected chi connectivity index (χ4v) is 6.83. The molecule has 3 aliphatic rings. The second kappa shape index (κ2) is 10.5. The molecule has 0 bridgehead atoms. The number of ketones is 1. The number of carbonyl (C=O) groups is 1. The molecule has 2 aromatic carbocycles. The monoisotopic (exact) mass is 500 g/mol. The van der Waals surface area contributed by atoms with Gasteiger partial charge in [-0.3, -0.25) is 9.69 Å². The van der Waals surface area contributed by atoms with Crippen LogP contribution in [0.3, 0.4) is 0 Å². The molecule has 5 rings (SSSR count). The van der Waals surface area contributed by atoms with Crippen molar-refractivity contribution in [3.05, 3.63) is 65.5 Å². The van der Waals surface area contributed by atoms with E-state index in [1.807, 2.05) is 0 Å². The predicted octanol–water partition coefficient (Wildman–Crippen LogP) is 5.56. The first-order valence-electron chi connectivity index (χ1n) is 13.2. The number of likely N-dealkylation sites (tertiary alicyclic amines) is 1. The third-order valence-electron chi connectivity index (χ3n) is 8.51. The van der Waals surface area contributed by atoms with Gasteiger partial charge in [0.05, 0.1) is 0 Å². The Balaban J connectivity index is 1.37. The molecule has 3 saturated heterocycles. The number of ether oxygens (including phenoxy) is 1. The van der Waals surface area contributed by atoms with Crippen molar-refractivity contribution < 1.29 is 22.7 Å². The van der Waals surface area contributed by atoms with Crippen LogP contribution in [0.4, 0.5) is 18.9 Å². The smallest absolute Gasteiger partial charge is 0.141 e. The van der Waals surface area contributed by atoms with E-state index in [9.17, 15) is 18.0 Å². The quantitative estimate of drug-likeness (QED) is 0.538. The zero-order chi connectivity index (χ0) is 25.4. The molecule has 3 fully saturated rings. The Kier molecular flexibility index (Phi) is 7.40. The highest BCUT2D eigenvalue weighted by molar-refractivity contribution is 5.85. The fourth-order valence-electron chi connectivity index (χ4n) is 6.83. The molecule has 3 aliphatic heterocycles. The van der Waals surface area contributed by atoms with Gasteiger partial charge in [-0.2, -0.15) is 0 Å². The second-order valence-corrected chi connectivity index (χ2v) is 10.8. The lowest BCUT2D eigenvalue weighted by Gasteiger charge is -2.44. The molecule has 2 aromatic rings. The van der Waals surface area contributed by atoms with E-state index in [1.54, 1.807) is 12.1 Å². The van der Waals surface area contributed by atoms with Crippen molar-refractivity contribution in [2.45, 2.75) is 63.6 Å². The van der Waals surface area contributed by atoms with Gasteiger partial charge >= 0.3 is 0 Å². The Labute approximate surface area is 211 Å². The van der Waals surface area contributed by atoms with Gasteiger partial charge in [0, 0.05) is 73.9 Å². The number of anilines is 1. The Morgan fingerprint density at radius 2 is 1.53 bits per heavy atom. The minimum absolute atomic E-state index is 0.113. The number of Topliss-reactive ketones (excluding diaryl/α,β-unsaturated/α-hetero) is 1. The molecule has 7 heteroatoms. The summed E-state index contributed by atoms with van der Waals surface area (Å²) in [6.45, 7) is 6.83. The van der Waals surface area contributed by atoms with Crippen molar-refractivity contribution in [2.24, 2.45) is 11.8 Å². The van der Waals surface area contributed by atoms with E-state index in [-0.39, 0.29) is 41.4 Å². The van der Waals surface area contributed by atoms with Gasteiger partial charge in [0.2, 0.25) is 0 Å². The highest BCUT2D eigenvalue weighted by atomic mass is 19.1. The van der Waals surface area contributed by atoms with Crippen LogP contribution < -0.4 is 4.90 Å². The summed E-state index contributed by atoms with van der Waals surface area (Å²) in [6.07, 6.45) is 3.22. The van der Waals surface area contributed by atoms with Gasteiger partial charge in [0.15, 0.2) is 0 Å². The molecule has 4 nitrogen and oxygen atoms in total. The molecule has 5 atom stereocenters. The zero-order valence-electron chi connectivity index (χ0n) is 21.0. The van der Waals surface area contributed by atoms with E-state index in [0.717, 1.165) is 24.6 Å². The molecule has 0 aliphatic carbocycles. The van der Waals surface area contributed by atoms with Crippen LogP contribution in [0.25, 0.3) is 0 Å². The molecule has 0 radical (unpaired) electrons. The van der Waals surface area contributed by atoms with E-state index < -0.39 is 11.6 Å². The number of halogens is 3. The van der Waals surface area contributed by atoms with Crippen LogP contribution in [0.15, 0.2) is 42.5 Å². The third kappa shape index (κ3) is 5.05. The summed E-state index contributed by atoms with van der Waals surface area (Å²) in [5.74, 6) is -1.99. The van der Waals surface area contributed by atoms with Crippen LogP contribution in [-0.4, -0.2) is 55.1 Å². The third-order valence-corrected chi connectivity index (χ3v) is 8.51. The van der Waals surface area contributed by atoms with Crippen LogP contribution in [0.5, 0.6) is 0 Å². The summed E-state index contributed by atoms with van der Waals surface area (Å²) >= 11 is 0. The summed E-state index contributed by atoms with van der Waals surface area (Å²) < 4.78 is 47.6. The number of carbonyl (C=O) groups excluding carboxylic acids is 1. The van der Waals surface area contributed by atoms with Gasteiger partial charge in [0.1, 0.15) is 23.2 Å². The summed E-state index contributed by atoms with van der Waals surface area (Å²) in [5.41, 5.74) is 1.40. The van der Waals surface area contributed by atoms with E-state index in [4.69, 9.17) is 4.74 Å². The van der Waals surface area contributed by atoms with E-state index in [0.29, 0.717) is 50.8 Å². The molecule has 36 heavy (non-hydrogen) atoms. The summed E-state index contributed by atoms with van der Waals surface area (Å²) in [6, 6.07) is 10.8. The average Bonchev–Trinajstić information content (AvgIpc) is 3.30. The molecule has 194 valence electrons. The second-order valence-electron chi connectivity index (χ2n) is 10.8. The molecule has 0 amide bonds. The van der Waals surface area contributed by atoms with E-state index in [1.165, 1.54) is 24.3 Å². The number of nitrogens with zero attached hydrogens (tertiary/aromatic N) is 2. The first-order valence-corrected chi connectivity index (χ1v) is 13.2. The van der Waals surface area contributed by atoms with Crippen molar-refractivity contribution in [3.8, 4) is 0 Å². The molecule has 0 aromatic heterocycles. The summed E-state index contributed by atoms with van der Waals surface area (Å²) in [7, 11) is 0. The summed E-state index contributed by atoms with van der Waals surface area (Å²) in [4.78, 5) is 18.7. The predicted molar refractivity (Wildman–Crippen MR) is 134 cm³/mol. The highest BCUT2D eigenvalue weighted by Crippen LogP contribution is 2.41. The standard InChI is InChI=1S/C29H35F3N2O2/c1-18-13-20(14-19(2)34(18)24-6-3-21(30)4-7-24)29(35)27-17-33(23-9-11-36-12-10-23)16-26(27)25-8-5-22(31)15-28(25)32/h3-8,15,18-20,23,26-27H,9-14,16-17H2,1-2H3/t18-,19+,20?,26-,27+/m1/s1. The van der Waals surface area contributed by atoms with Crippen molar-refractivity contribution in [1.82, 2.24) is 4.90 Å². The first-order chi connectivity index (χ1) is 17.3. The summed E-state index contributed by atoms with van der Waals surface area (Å²) in [5, 5.41) is 0. The molecular formula is C29H35F3N2O2. The lowest BCUT2D eigenvalue weighted by atomic mass is 9.75. The largest absolute Gasteiger partial charge is 0.381 e. The Hall–Kier alpha value is -2.38. The molecular weight excluding hydrogens is 465 g/mol. The van der Waals surface area contributed by atoms with Gasteiger partial charge in [0.25, 0.3) is 0 Å². The number of hydrogen-bond donors (Lipinski definition) is 0. The van der Waals surface area contributed by atoms with Crippen LogP contribution in [0, 0.1) is 29.3 Å². The van der Waals surface area contributed by atoms with Crippen LogP contribution in [0.1, 0.15) is 51.0 Å². The molecule has 0 spiro atoms. The number of hydrogen-bond acceptors (Lipinski definition) is 4. The molecule has 0 N–H and O–H groups in total. The maximum Gasteiger partial charge on any atom is 0.141 e. The van der Waals surface area contributed by atoms with Crippen LogP contribution >= 0.6 is 0 Å². The number of benzene rings is 2. The van der Waals surface area contributed by atoms with E-state index in [2.05, 4.69) is 23.6 Å². The topological polar surface area (TPSA) is 32.8 Å². The van der Waals surface area contributed by atoms with Crippen molar-refractivity contribution in [1.29, 1.82) is 0 Å². The average molecular weight is 501 g/mol. The van der Waals surface area contributed by atoms with Gasteiger partial charge in [-0.25, -0.2) is 13.2 Å². The molecule has 1 unspecified atom stereocenters. The number of rotatable bonds is 5. The van der Waals surface area contributed by atoms with Crippen molar-refractivity contribution in [2.75, 3.05) is 31.2 Å². The minimum Gasteiger partial charge on any atom is -0.381 e. The Morgan fingerprint density at radius 3 is 2.17 bits per heavy atom. The van der Waals surface area contributed by atoms with Gasteiger partial charge in [-0.1, -0.05) is 6.07 Å². The lowest BCUT2D eigenvalue weighted by molar-refractivity contribution is -0.128. The maximum absolute atomic E-state index is 14.9. The van der Waals surface area contributed by atoms with E-state index >= 15 is 0 Å². The van der Waals surface area contributed by atoms with Crippen LogP contribution in [-0.2, 0) is 9.53 Å². The minimum atomic E-state index is -0.603. The Morgan fingerprint density at radius 1 is 0.889 bits per heavy atom. The fraction of sp³-hybridized carbons (Fsp3) is 0.552. The maximum atomic E-state index is 14.9. The lowest BCUT2D eigenvalue weighted by Crippen LogP contribution is -2.49. The Bertz CT molecular complexity index is 1060.